The molecule has 0 spiro atoms. The molecule has 0 saturated carbocycles. The largest absolute Gasteiger partial charge is 0.457 e. The van der Waals surface area contributed by atoms with Gasteiger partial charge < -0.3 is 4.42 Å². The monoisotopic (exact) mass is 467 g/mol. The first-order valence-electron chi connectivity index (χ1n) is 9.87. The van der Waals surface area contributed by atoms with Crippen molar-refractivity contribution in [1.29, 1.82) is 5.26 Å². The lowest BCUT2D eigenvalue weighted by atomic mass is 9.93. The molecule has 2 aliphatic rings. The number of nitriles is 1. The van der Waals surface area contributed by atoms with Gasteiger partial charge in [0.25, 0.3) is 17.5 Å². The maximum atomic E-state index is 13.2. The third-order valence-electron chi connectivity index (χ3n) is 5.60. The average molecular weight is 467 g/mol. The number of amides is 2. The summed E-state index contributed by atoms with van der Waals surface area (Å²) >= 11 is 0. The normalized spacial score (nSPS) is 21.5. The second-order valence-electron chi connectivity index (χ2n) is 7.72. The molecule has 0 N–H and O–H groups in total. The number of hydrogen-bond acceptors (Lipinski definition) is 8. The third-order valence-corrected chi connectivity index (χ3v) is 7.35. The molecule has 1 aromatic carbocycles. The van der Waals surface area contributed by atoms with Crippen molar-refractivity contribution in [1.82, 2.24) is 4.90 Å². The Morgan fingerprint density at radius 3 is 2.64 bits per heavy atom. The zero-order valence-electron chi connectivity index (χ0n) is 17.3. The van der Waals surface area contributed by atoms with Crippen molar-refractivity contribution in [3.63, 3.8) is 0 Å². The van der Waals surface area contributed by atoms with Crippen LogP contribution in [0.25, 0.3) is 17.4 Å². The van der Waals surface area contributed by atoms with E-state index in [9.17, 15) is 33.4 Å². The van der Waals surface area contributed by atoms with Gasteiger partial charge in [-0.2, -0.15) is 5.26 Å². The summed E-state index contributed by atoms with van der Waals surface area (Å²) in [5.74, 6) is -1.44. The van der Waals surface area contributed by atoms with Crippen molar-refractivity contribution in [3.8, 4) is 17.4 Å². The first kappa shape index (κ1) is 22.2. The first-order chi connectivity index (χ1) is 15.6. The maximum absolute atomic E-state index is 13.2. The third kappa shape index (κ3) is 4.08. The van der Waals surface area contributed by atoms with Crippen LogP contribution in [-0.4, -0.2) is 47.6 Å². The van der Waals surface area contributed by atoms with Crippen molar-refractivity contribution in [3.05, 3.63) is 69.0 Å². The lowest BCUT2D eigenvalue weighted by Crippen LogP contribution is -2.49. The number of sulfone groups is 1. The summed E-state index contributed by atoms with van der Waals surface area (Å²) in [4.78, 5) is 37.3. The molecule has 0 aliphatic carbocycles. The van der Waals surface area contributed by atoms with Gasteiger partial charge in [0.05, 0.1) is 22.5 Å². The van der Waals surface area contributed by atoms with E-state index in [1.807, 2.05) is 6.07 Å². The van der Waals surface area contributed by atoms with E-state index in [-0.39, 0.29) is 46.1 Å². The van der Waals surface area contributed by atoms with Crippen LogP contribution in [0.3, 0.4) is 0 Å². The molecule has 2 aromatic rings. The van der Waals surface area contributed by atoms with Gasteiger partial charge in [-0.25, -0.2) is 8.42 Å². The number of nitro benzene ring substituents is 1. The van der Waals surface area contributed by atoms with E-state index >= 15 is 0 Å². The van der Waals surface area contributed by atoms with Crippen LogP contribution in [0.2, 0.25) is 0 Å². The molecule has 11 heteroatoms. The van der Waals surface area contributed by atoms with Crippen molar-refractivity contribution < 1.29 is 27.3 Å². The van der Waals surface area contributed by atoms with Crippen LogP contribution < -0.4 is 0 Å². The Morgan fingerprint density at radius 1 is 1.24 bits per heavy atom. The highest BCUT2D eigenvalue weighted by molar-refractivity contribution is 7.91. The van der Waals surface area contributed by atoms with Gasteiger partial charge in [0.15, 0.2) is 9.84 Å². The summed E-state index contributed by atoms with van der Waals surface area (Å²) in [6.07, 6.45) is 1.49. The van der Waals surface area contributed by atoms with Gasteiger partial charge in [0.2, 0.25) is 0 Å². The van der Waals surface area contributed by atoms with Crippen LogP contribution in [0.4, 0.5) is 5.69 Å². The van der Waals surface area contributed by atoms with Crippen LogP contribution in [0.1, 0.15) is 19.1 Å². The molecule has 1 unspecified atom stereocenters. The Kier molecular flexibility index (Phi) is 5.47. The standard InChI is InChI=1S/C22H17N3O7S/c1-13-18(10-17-5-6-20(32-17)14-3-2-4-15(9-14)25(28)29)21(26)24(22(27)19(13)11-23)16-7-8-33(30,31)12-16/h2-6,9-10,16H,7-8,12H2,1H3. The maximum Gasteiger partial charge on any atom is 0.271 e. The average Bonchev–Trinajstić information content (AvgIpc) is 3.38. The van der Waals surface area contributed by atoms with Gasteiger partial charge >= 0.3 is 0 Å². The van der Waals surface area contributed by atoms with Gasteiger partial charge in [0, 0.05) is 23.3 Å². The number of hydrogen-bond donors (Lipinski definition) is 0. The van der Waals surface area contributed by atoms with Crippen molar-refractivity contribution in [2.45, 2.75) is 19.4 Å². The second kappa shape index (κ2) is 8.14. The van der Waals surface area contributed by atoms with Crippen LogP contribution in [0.15, 0.2) is 57.5 Å². The Morgan fingerprint density at radius 2 is 2.00 bits per heavy atom. The fourth-order valence-electron chi connectivity index (χ4n) is 3.91. The number of rotatable bonds is 4. The summed E-state index contributed by atoms with van der Waals surface area (Å²) in [6, 6.07) is 9.95. The van der Waals surface area contributed by atoms with Gasteiger partial charge in [0.1, 0.15) is 23.2 Å². The number of nitrogens with zero attached hydrogens (tertiary/aromatic N) is 3. The molecule has 3 heterocycles. The quantitative estimate of drug-likeness (QED) is 0.288. The van der Waals surface area contributed by atoms with Crippen LogP contribution in [0, 0.1) is 21.4 Å². The van der Waals surface area contributed by atoms with Gasteiger partial charge in [-0.05, 0) is 37.1 Å². The van der Waals surface area contributed by atoms with E-state index in [0.29, 0.717) is 11.3 Å². The number of nitro groups is 1. The van der Waals surface area contributed by atoms with Crippen LogP contribution >= 0.6 is 0 Å². The molecule has 2 amide bonds. The number of carbonyl (C=O) groups excluding carboxylic acids is 2. The fraction of sp³-hybridized carbons (Fsp3) is 0.227. The summed E-state index contributed by atoms with van der Waals surface area (Å²) in [5, 5.41) is 20.5. The molecule has 2 aliphatic heterocycles. The highest BCUT2D eigenvalue weighted by Gasteiger charge is 2.43. The van der Waals surface area contributed by atoms with Gasteiger partial charge in [-0.15, -0.1) is 0 Å². The molecule has 1 aromatic heterocycles. The number of imide groups is 1. The van der Waals surface area contributed by atoms with E-state index in [1.165, 1.54) is 31.2 Å². The van der Waals surface area contributed by atoms with E-state index in [0.717, 1.165) is 4.90 Å². The Hall–Kier alpha value is -4.04. The summed E-state index contributed by atoms with van der Waals surface area (Å²) < 4.78 is 29.5. The Balaban J connectivity index is 1.73. The summed E-state index contributed by atoms with van der Waals surface area (Å²) in [5.41, 5.74) is 0.315. The first-order valence-corrected chi connectivity index (χ1v) is 11.7. The zero-order valence-corrected chi connectivity index (χ0v) is 18.2. The molecule has 168 valence electrons. The minimum Gasteiger partial charge on any atom is -0.457 e. The number of carbonyl (C=O) groups is 2. The van der Waals surface area contributed by atoms with Gasteiger partial charge in [-0.1, -0.05) is 12.1 Å². The molecule has 0 radical (unpaired) electrons. The van der Waals surface area contributed by atoms with Crippen LogP contribution in [0.5, 0.6) is 0 Å². The number of non-ortho nitro benzene ring substituents is 1. The SMILES string of the molecule is CC1=C(C#N)C(=O)N(C2CCS(=O)(=O)C2)C(=O)C1=Cc1ccc(-c2cccc([N+](=O)[O-])c2)o1. The summed E-state index contributed by atoms with van der Waals surface area (Å²) in [7, 11) is -3.37. The number of furan rings is 1. The second-order valence-corrected chi connectivity index (χ2v) is 9.95. The topological polar surface area (TPSA) is 152 Å². The molecule has 1 atom stereocenters. The van der Waals surface area contributed by atoms with Crippen LogP contribution in [-0.2, 0) is 19.4 Å². The van der Waals surface area contributed by atoms with E-state index in [2.05, 4.69) is 0 Å². The van der Waals surface area contributed by atoms with E-state index < -0.39 is 32.6 Å². The molecular weight excluding hydrogens is 450 g/mol. The Labute approximate surface area is 188 Å². The molecule has 1 saturated heterocycles. The molecule has 1 fully saturated rings. The highest BCUT2D eigenvalue weighted by Crippen LogP contribution is 2.32. The summed E-state index contributed by atoms with van der Waals surface area (Å²) in [6.45, 7) is 1.47. The van der Waals surface area contributed by atoms with Crippen molar-refractivity contribution >= 4 is 33.4 Å². The highest BCUT2D eigenvalue weighted by atomic mass is 32.2. The molecule has 33 heavy (non-hydrogen) atoms. The molecule has 4 rings (SSSR count). The minimum atomic E-state index is -3.37. The predicted molar refractivity (Wildman–Crippen MR) is 116 cm³/mol. The van der Waals surface area contributed by atoms with Gasteiger partial charge in [-0.3, -0.25) is 24.6 Å². The van der Waals surface area contributed by atoms with Crippen molar-refractivity contribution in [2.75, 3.05) is 11.5 Å². The Bertz CT molecular complexity index is 1410. The lowest BCUT2D eigenvalue weighted by molar-refractivity contribution is -0.384. The lowest BCUT2D eigenvalue weighted by Gasteiger charge is -2.31. The molecule has 0 bridgehead atoms. The number of benzene rings is 1. The fourth-order valence-corrected chi connectivity index (χ4v) is 5.61. The minimum absolute atomic E-state index is 0.0374. The molecule has 10 nitrogen and oxygen atoms in total. The van der Waals surface area contributed by atoms with Crippen molar-refractivity contribution in [2.24, 2.45) is 0 Å². The van der Waals surface area contributed by atoms with E-state index in [1.54, 1.807) is 18.2 Å². The molecular formula is C22H17N3O7S. The predicted octanol–water partition coefficient (Wildman–Crippen LogP) is 2.63. The van der Waals surface area contributed by atoms with E-state index in [4.69, 9.17) is 4.42 Å². The smallest absolute Gasteiger partial charge is 0.271 e. The zero-order chi connectivity index (χ0) is 23.9.